The Morgan fingerprint density at radius 3 is 2.68 bits per heavy atom. The summed E-state index contributed by atoms with van der Waals surface area (Å²) in [6.45, 7) is 1.61. The van der Waals surface area contributed by atoms with Crippen molar-refractivity contribution in [3.63, 3.8) is 0 Å². The van der Waals surface area contributed by atoms with Crippen LogP contribution in [0.25, 0.3) is 0 Å². The van der Waals surface area contributed by atoms with Crippen LogP contribution in [0.4, 0.5) is 4.79 Å². The molecule has 1 heterocycles. The van der Waals surface area contributed by atoms with Gasteiger partial charge in [0.25, 0.3) is 0 Å². The van der Waals surface area contributed by atoms with Gasteiger partial charge in [-0.25, -0.2) is 4.79 Å². The number of benzene rings is 1. The Balaban J connectivity index is 1.90. The molecule has 7 heteroatoms. The molecule has 0 unspecified atom stereocenters. The van der Waals surface area contributed by atoms with Gasteiger partial charge < -0.3 is 29.2 Å². The van der Waals surface area contributed by atoms with Crippen molar-refractivity contribution in [1.29, 1.82) is 0 Å². The smallest absolute Gasteiger partial charge is 0.465 e. The number of hydrogen-bond acceptors (Lipinski definition) is 7. The molecule has 1 aliphatic heterocycles. The molecule has 7 nitrogen and oxygen atoms in total. The lowest BCUT2D eigenvalue weighted by molar-refractivity contribution is -0.230. The van der Waals surface area contributed by atoms with Gasteiger partial charge >= 0.3 is 6.16 Å². The van der Waals surface area contributed by atoms with Crippen LogP contribution < -0.4 is 4.74 Å². The molecule has 0 amide bonds. The summed E-state index contributed by atoms with van der Waals surface area (Å²) in [5.41, 5.74) is 0. The molecule has 1 saturated heterocycles. The van der Waals surface area contributed by atoms with Crippen LogP contribution in [0.5, 0.6) is 5.75 Å². The zero-order valence-electron chi connectivity index (χ0n) is 12.3. The fraction of sp³-hybridized carbons (Fsp3) is 0.533. The van der Waals surface area contributed by atoms with Crippen LogP contribution in [0, 0.1) is 0 Å². The summed E-state index contributed by atoms with van der Waals surface area (Å²) >= 11 is 0. The van der Waals surface area contributed by atoms with Crippen LogP contribution in [0.1, 0.15) is 13.3 Å². The van der Waals surface area contributed by atoms with E-state index in [9.17, 15) is 15.0 Å². The van der Waals surface area contributed by atoms with Gasteiger partial charge in [-0.15, -0.1) is 0 Å². The highest BCUT2D eigenvalue weighted by molar-refractivity contribution is 5.59. The van der Waals surface area contributed by atoms with Crippen molar-refractivity contribution in [2.45, 2.75) is 37.9 Å². The first-order valence-electron chi connectivity index (χ1n) is 7.13. The van der Waals surface area contributed by atoms with Crippen LogP contribution >= 0.6 is 0 Å². The first-order valence-corrected chi connectivity index (χ1v) is 7.13. The Kier molecular flexibility index (Phi) is 6.00. The largest absolute Gasteiger partial charge is 0.508 e. The van der Waals surface area contributed by atoms with Crippen LogP contribution in [0.3, 0.4) is 0 Å². The highest BCUT2D eigenvalue weighted by atomic mass is 16.7. The predicted molar refractivity (Wildman–Crippen MR) is 75.3 cm³/mol. The molecule has 1 aliphatic rings. The molecule has 22 heavy (non-hydrogen) atoms. The maximum atomic E-state index is 11.2. The number of carbonyl (C=O) groups excluding carboxylic acids is 1. The van der Waals surface area contributed by atoms with Crippen molar-refractivity contribution in [3.8, 4) is 5.75 Å². The van der Waals surface area contributed by atoms with E-state index in [2.05, 4.69) is 4.74 Å². The number of para-hydroxylation sites is 1. The summed E-state index contributed by atoms with van der Waals surface area (Å²) in [6, 6.07) is 8.98. The molecule has 1 aromatic rings. The zero-order chi connectivity index (χ0) is 15.9. The molecule has 0 spiro atoms. The number of rotatable bonds is 5. The Morgan fingerprint density at radius 1 is 1.27 bits per heavy atom. The fourth-order valence-corrected chi connectivity index (χ4v) is 2.09. The number of aliphatic hydroxyl groups excluding tert-OH is 2. The first-order chi connectivity index (χ1) is 10.6. The van der Waals surface area contributed by atoms with Gasteiger partial charge in [0.15, 0.2) is 0 Å². The standard InChI is InChI=1S/C15H20O7/c1-2-19-15(18)20-9-12-14(17)11(16)8-13(22-12)21-10-6-4-3-5-7-10/h3-7,11-14,16-17H,2,8-9H2,1H3/t11-,12-,13-,14-/m1/s1. The highest BCUT2D eigenvalue weighted by Gasteiger charge is 2.38. The van der Waals surface area contributed by atoms with Crippen molar-refractivity contribution < 1.29 is 34.0 Å². The molecule has 4 atom stereocenters. The van der Waals surface area contributed by atoms with E-state index >= 15 is 0 Å². The molecule has 0 aliphatic carbocycles. The molecular formula is C15H20O7. The second-order valence-electron chi connectivity index (χ2n) is 4.82. The molecule has 122 valence electrons. The summed E-state index contributed by atoms with van der Waals surface area (Å²) in [6.07, 6.45) is -4.55. The SMILES string of the molecule is CCOC(=O)OC[C@H]1O[C@@H](Oc2ccccc2)C[C@@H](O)[C@H]1O. The van der Waals surface area contributed by atoms with Crippen molar-refractivity contribution in [1.82, 2.24) is 0 Å². The van der Waals surface area contributed by atoms with E-state index in [1.807, 2.05) is 18.2 Å². The van der Waals surface area contributed by atoms with Crippen LogP contribution in [-0.4, -0.2) is 54.2 Å². The van der Waals surface area contributed by atoms with Gasteiger partial charge in [-0.05, 0) is 19.1 Å². The third kappa shape index (κ3) is 4.59. The Morgan fingerprint density at radius 2 is 2.00 bits per heavy atom. The van der Waals surface area contributed by atoms with Crippen LogP contribution in [-0.2, 0) is 14.2 Å². The van der Waals surface area contributed by atoms with E-state index in [0.717, 1.165) is 0 Å². The summed E-state index contributed by atoms with van der Waals surface area (Å²) < 4.78 is 20.6. The van der Waals surface area contributed by atoms with Crippen molar-refractivity contribution >= 4 is 6.16 Å². The Labute approximate surface area is 128 Å². The summed E-state index contributed by atoms with van der Waals surface area (Å²) in [4.78, 5) is 11.2. The lowest BCUT2D eigenvalue weighted by Gasteiger charge is -2.36. The average molecular weight is 312 g/mol. The molecule has 1 aromatic carbocycles. The first kappa shape index (κ1) is 16.5. The van der Waals surface area contributed by atoms with Crippen LogP contribution in [0.15, 0.2) is 30.3 Å². The molecule has 0 aromatic heterocycles. The van der Waals surface area contributed by atoms with E-state index in [4.69, 9.17) is 14.2 Å². The van der Waals surface area contributed by atoms with Crippen LogP contribution in [0.2, 0.25) is 0 Å². The third-order valence-corrected chi connectivity index (χ3v) is 3.17. The summed E-state index contributed by atoms with van der Waals surface area (Å²) in [7, 11) is 0. The lowest BCUT2D eigenvalue weighted by Crippen LogP contribution is -2.51. The van der Waals surface area contributed by atoms with E-state index in [1.165, 1.54) is 0 Å². The van der Waals surface area contributed by atoms with Gasteiger partial charge in [-0.2, -0.15) is 0 Å². The lowest BCUT2D eigenvalue weighted by atomic mass is 10.0. The minimum Gasteiger partial charge on any atom is -0.465 e. The molecule has 0 bridgehead atoms. The third-order valence-electron chi connectivity index (χ3n) is 3.17. The van der Waals surface area contributed by atoms with Gasteiger partial charge in [0.1, 0.15) is 24.6 Å². The molecule has 0 radical (unpaired) electrons. The minimum absolute atomic E-state index is 0.117. The summed E-state index contributed by atoms with van der Waals surface area (Å²) in [5, 5.41) is 19.8. The molecular weight excluding hydrogens is 292 g/mol. The maximum Gasteiger partial charge on any atom is 0.508 e. The van der Waals surface area contributed by atoms with Gasteiger partial charge in [0, 0.05) is 6.42 Å². The van der Waals surface area contributed by atoms with Gasteiger partial charge in [0.05, 0.1) is 12.7 Å². The number of aliphatic hydroxyl groups is 2. The van der Waals surface area contributed by atoms with Crippen molar-refractivity contribution in [2.24, 2.45) is 0 Å². The monoisotopic (exact) mass is 312 g/mol. The van der Waals surface area contributed by atoms with Gasteiger partial charge in [-0.3, -0.25) is 0 Å². The molecule has 1 fully saturated rings. The van der Waals surface area contributed by atoms with E-state index in [-0.39, 0.29) is 19.6 Å². The molecule has 2 N–H and O–H groups in total. The second kappa shape index (κ2) is 7.98. The highest BCUT2D eigenvalue weighted by Crippen LogP contribution is 2.23. The van der Waals surface area contributed by atoms with E-state index in [1.54, 1.807) is 19.1 Å². The van der Waals surface area contributed by atoms with Gasteiger partial charge in [-0.1, -0.05) is 18.2 Å². The summed E-state index contributed by atoms with van der Waals surface area (Å²) in [5.74, 6) is 0.584. The minimum atomic E-state index is -1.16. The number of carbonyl (C=O) groups is 1. The number of ether oxygens (including phenoxy) is 4. The van der Waals surface area contributed by atoms with Crippen molar-refractivity contribution in [2.75, 3.05) is 13.2 Å². The van der Waals surface area contributed by atoms with Crippen molar-refractivity contribution in [3.05, 3.63) is 30.3 Å². The fourth-order valence-electron chi connectivity index (χ4n) is 2.09. The Hall–Kier alpha value is -1.83. The predicted octanol–water partition coefficient (Wildman–Crippen LogP) is 1.08. The maximum absolute atomic E-state index is 11.2. The molecule has 0 saturated carbocycles. The topological polar surface area (TPSA) is 94.5 Å². The molecule has 2 rings (SSSR count). The van der Waals surface area contributed by atoms with E-state index in [0.29, 0.717) is 5.75 Å². The van der Waals surface area contributed by atoms with Gasteiger partial charge in [0.2, 0.25) is 6.29 Å². The second-order valence-corrected chi connectivity index (χ2v) is 4.82. The normalized spacial score (nSPS) is 28.0. The quantitative estimate of drug-likeness (QED) is 0.785. The number of hydrogen-bond donors (Lipinski definition) is 2. The zero-order valence-corrected chi connectivity index (χ0v) is 12.3. The Bertz CT molecular complexity index is 464. The average Bonchev–Trinajstić information content (AvgIpc) is 2.50. The van der Waals surface area contributed by atoms with E-state index < -0.39 is 30.8 Å².